The molecule has 3 N–H and O–H groups in total. The number of benzene rings is 1. The lowest BCUT2D eigenvalue weighted by molar-refractivity contribution is 0.155. The molecular weight excluding hydrogens is 236 g/mol. The van der Waals surface area contributed by atoms with Crippen molar-refractivity contribution in [3.8, 4) is 0 Å². The van der Waals surface area contributed by atoms with Crippen molar-refractivity contribution in [2.75, 3.05) is 26.3 Å². The highest BCUT2D eigenvalue weighted by molar-refractivity contribution is 5.33. The Morgan fingerprint density at radius 3 is 2.74 bits per heavy atom. The van der Waals surface area contributed by atoms with E-state index in [0.29, 0.717) is 19.8 Å². The van der Waals surface area contributed by atoms with Gasteiger partial charge in [-0.25, -0.2) is 0 Å². The fourth-order valence-electron chi connectivity index (χ4n) is 2.09. The lowest BCUT2D eigenvalue weighted by Crippen LogP contribution is -2.31. The van der Waals surface area contributed by atoms with Gasteiger partial charge in [-0.2, -0.15) is 0 Å². The van der Waals surface area contributed by atoms with E-state index in [4.69, 9.17) is 10.5 Å². The van der Waals surface area contributed by atoms with E-state index in [1.807, 2.05) is 6.92 Å². The predicted octanol–water partition coefficient (Wildman–Crippen LogP) is 2.49. The van der Waals surface area contributed by atoms with Crippen molar-refractivity contribution in [3.63, 3.8) is 0 Å². The van der Waals surface area contributed by atoms with Gasteiger partial charge in [0, 0.05) is 19.1 Å². The van der Waals surface area contributed by atoms with Crippen molar-refractivity contribution in [1.82, 2.24) is 5.32 Å². The molecule has 0 fully saturated rings. The maximum absolute atomic E-state index is 5.86. The zero-order chi connectivity index (χ0) is 14.3. The first kappa shape index (κ1) is 15.9. The lowest BCUT2D eigenvalue weighted by Gasteiger charge is -2.20. The van der Waals surface area contributed by atoms with Crippen LogP contribution in [0, 0.1) is 13.8 Å². The fraction of sp³-hybridized carbons (Fsp3) is 0.500. The lowest BCUT2D eigenvalue weighted by atomic mass is 9.99. The van der Waals surface area contributed by atoms with Gasteiger partial charge in [0.25, 0.3) is 0 Å². The van der Waals surface area contributed by atoms with Crippen molar-refractivity contribution >= 4 is 0 Å². The fourth-order valence-corrected chi connectivity index (χ4v) is 2.09. The van der Waals surface area contributed by atoms with E-state index in [2.05, 4.69) is 43.9 Å². The minimum Gasteiger partial charge on any atom is -0.376 e. The van der Waals surface area contributed by atoms with Gasteiger partial charge in [0.05, 0.1) is 13.2 Å². The predicted molar refractivity (Wildman–Crippen MR) is 81.3 cm³/mol. The summed E-state index contributed by atoms with van der Waals surface area (Å²) in [5, 5.41) is 3.44. The van der Waals surface area contributed by atoms with Crippen LogP contribution >= 0.6 is 0 Å². The molecule has 3 heteroatoms. The summed E-state index contributed by atoms with van der Waals surface area (Å²) in [7, 11) is 0. The maximum Gasteiger partial charge on any atom is 0.0672 e. The smallest absolute Gasteiger partial charge is 0.0672 e. The minimum absolute atomic E-state index is 0.189. The summed E-state index contributed by atoms with van der Waals surface area (Å²) in [5.74, 6) is 0. The van der Waals surface area contributed by atoms with Gasteiger partial charge in [0.2, 0.25) is 0 Å². The topological polar surface area (TPSA) is 47.3 Å². The van der Waals surface area contributed by atoms with Gasteiger partial charge in [0.15, 0.2) is 0 Å². The monoisotopic (exact) mass is 262 g/mol. The first-order valence-corrected chi connectivity index (χ1v) is 6.77. The Bertz CT molecular complexity index is 415. The second kappa shape index (κ2) is 8.10. The van der Waals surface area contributed by atoms with E-state index in [1.165, 1.54) is 16.7 Å². The highest BCUT2D eigenvalue weighted by Crippen LogP contribution is 2.18. The van der Waals surface area contributed by atoms with Crippen LogP contribution in [0.5, 0.6) is 0 Å². The van der Waals surface area contributed by atoms with Crippen LogP contribution in [0.25, 0.3) is 0 Å². The summed E-state index contributed by atoms with van der Waals surface area (Å²) in [6.45, 7) is 12.7. The number of nitrogens with two attached hydrogens (primary N) is 1. The van der Waals surface area contributed by atoms with Crippen molar-refractivity contribution in [1.29, 1.82) is 0 Å². The van der Waals surface area contributed by atoms with Crippen molar-refractivity contribution < 1.29 is 4.74 Å². The summed E-state index contributed by atoms with van der Waals surface area (Å²) in [4.78, 5) is 0. The number of aryl methyl sites for hydroxylation is 2. The van der Waals surface area contributed by atoms with Gasteiger partial charge in [-0.05, 0) is 31.9 Å². The molecular formula is C16H26N2O. The molecule has 19 heavy (non-hydrogen) atoms. The van der Waals surface area contributed by atoms with Crippen LogP contribution in [-0.2, 0) is 4.74 Å². The Morgan fingerprint density at radius 1 is 1.42 bits per heavy atom. The zero-order valence-corrected chi connectivity index (χ0v) is 12.3. The molecule has 0 aromatic heterocycles. The van der Waals surface area contributed by atoms with Crippen molar-refractivity contribution in [3.05, 3.63) is 47.0 Å². The van der Waals surface area contributed by atoms with E-state index < -0.39 is 0 Å². The van der Waals surface area contributed by atoms with Gasteiger partial charge in [-0.15, -0.1) is 0 Å². The summed E-state index contributed by atoms with van der Waals surface area (Å²) in [6, 6.07) is 6.67. The Hall–Kier alpha value is -1.16. The van der Waals surface area contributed by atoms with Crippen molar-refractivity contribution in [2.24, 2.45) is 5.73 Å². The Morgan fingerprint density at radius 2 is 2.16 bits per heavy atom. The van der Waals surface area contributed by atoms with Crippen LogP contribution in [-0.4, -0.2) is 26.3 Å². The number of hydrogen-bond acceptors (Lipinski definition) is 3. The molecule has 0 amide bonds. The van der Waals surface area contributed by atoms with E-state index in [-0.39, 0.29) is 6.04 Å². The highest BCUT2D eigenvalue weighted by Gasteiger charge is 2.11. The summed E-state index contributed by atoms with van der Waals surface area (Å²) in [6.07, 6.45) is 0. The summed E-state index contributed by atoms with van der Waals surface area (Å²) < 4.78 is 5.47. The molecule has 1 rings (SSSR count). The molecule has 0 bridgehead atoms. The quantitative estimate of drug-likeness (QED) is 0.559. The third kappa shape index (κ3) is 5.55. The Labute approximate surface area is 116 Å². The normalized spacial score (nSPS) is 12.4. The van der Waals surface area contributed by atoms with E-state index in [0.717, 1.165) is 12.1 Å². The first-order chi connectivity index (χ1) is 9.04. The second-order valence-electron chi connectivity index (χ2n) is 5.11. The summed E-state index contributed by atoms with van der Waals surface area (Å²) in [5.41, 5.74) is 10.7. The number of nitrogens with one attached hydrogen (secondary N) is 1. The van der Waals surface area contributed by atoms with E-state index in [9.17, 15) is 0 Å². The van der Waals surface area contributed by atoms with Crippen LogP contribution in [0.3, 0.4) is 0 Å². The average Bonchev–Trinajstić information content (AvgIpc) is 2.34. The first-order valence-electron chi connectivity index (χ1n) is 6.77. The summed E-state index contributed by atoms with van der Waals surface area (Å²) >= 11 is 0. The van der Waals surface area contributed by atoms with Gasteiger partial charge >= 0.3 is 0 Å². The Kier molecular flexibility index (Phi) is 6.78. The number of hydrogen-bond donors (Lipinski definition) is 2. The molecule has 0 saturated carbocycles. The molecule has 0 saturated heterocycles. The van der Waals surface area contributed by atoms with E-state index in [1.54, 1.807) is 0 Å². The molecule has 0 heterocycles. The maximum atomic E-state index is 5.86. The standard InChI is InChI=1S/C16H26N2O/c1-12(2)11-19-8-7-18-16(10-17)15-6-5-13(3)9-14(15)4/h5-6,9,16,18H,1,7-8,10-11,17H2,2-4H3. The molecule has 0 spiro atoms. The molecule has 106 valence electrons. The molecule has 1 unspecified atom stereocenters. The van der Waals surface area contributed by atoms with Crippen LogP contribution in [0.2, 0.25) is 0 Å². The molecule has 3 nitrogen and oxygen atoms in total. The number of rotatable bonds is 8. The molecule has 1 aromatic carbocycles. The van der Waals surface area contributed by atoms with Gasteiger partial charge in [-0.1, -0.05) is 35.9 Å². The molecule has 1 aromatic rings. The van der Waals surface area contributed by atoms with Crippen molar-refractivity contribution in [2.45, 2.75) is 26.8 Å². The molecule has 1 atom stereocenters. The highest BCUT2D eigenvalue weighted by atomic mass is 16.5. The molecule has 0 aliphatic heterocycles. The zero-order valence-electron chi connectivity index (χ0n) is 12.3. The average molecular weight is 262 g/mol. The third-order valence-corrected chi connectivity index (χ3v) is 3.02. The molecule has 0 aliphatic carbocycles. The van der Waals surface area contributed by atoms with E-state index >= 15 is 0 Å². The van der Waals surface area contributed by atoms with Crippen LogP contribution in [0.15, 0.2) is 30.4 Å². The molecule has 0 aliphatic rings. The molecule has 0 radical (unpaired) electrons. The Balaban J connectivity index is 2.47. The largest absolute Gasteiger partial charge is 0.376 e. The van der Waals surface area contributed by atoms with Crippen LogP contribution in [0.1, 0.15) is 29.7 Å². The van der Waals surface area contributed by atoms with Crippen LogP contribution in [0.4, 0.5) is 0 Å². The SMILES string of the molecule is C=C(C)COCCNC(CN)c1ccc(C)cc1C. The minimum atomic E-state index is 0.189. The van der Waals surface area contributed by atoms with Gasteiger partial charge in [0.1, 0.15) is 0 Å². The van der Waals surface area contributed by atoms with Crippen LogP contribution < -0.4 is 11.1 Å². The van der Waals surface area contributed by atoms with Gasteiger partial charge in [-0.3, -0.25) is 0 Å². The third-order valence-electron chi connectivity index (χ3n) is 3.02. The van der Waals surface area contributed by atoms with Gasteiger partial charge < -0.3 is 15.8 Å². The number of ether oxygens (including phenoxy) is 1. The second-order valence-corrected chi connectivity index (χ2v) is 5.11.